The fourth-order valence-corrected chi connectivity index (χ4v) is 3.00. The molecule has 2 N–H and O–H groups in total. The zero-order chi connectivity index (χ0) is 21.0. The molecule has 3 rings (SSSR count). The Labute approximate surface area is 167 Å². The SMILES string of the molecule is CC=Nc1cccc(N=C(N)c2ccccc2-c2ccc(C(F)(F)F)cc2)c1C. The van der Waals surface area contributed by atoms with Crippen LogP contribution in [0.3, 0.4) is 0 Å². The Morgan fingerprint density at radius 2 is 1.55 bits per heavy atom. The lowest BCUT2D eigenvalue weighted by atomic mass is 9.98. The van der Waals surface area contributed by atoms with E-state index in [1.165, 1.54) is 12.1 Å². The second kappa shape index (κ2) is 8.31. The van der Waals surface area contributed by atoms with E-state index < -0.39 is 11.7 Å². The van der Waals surface area contributed by atoms with Gasteiger partial charge in [-0.05, 0) is 49.2 Å². The van der Waals surface area contributed by atoms with Gasteiger partial charge in [0.15, 0.2) is 0 Å². The van der Waals surface area contributed by atoms with Gasteiger partial charge in [0.2, 0.25) is 0 Å². The molecule has 0 spiro atoms. The van der Waals surface area contributed by atoms with E-state index in [1.807, 2.05) is 50.2 Å². The monoisotopic (exact) mass is 395 g/mol. The van der Waals surface area contributed by atoms with E-state index in [2.05, 4.69) is 9.98 Å². The molecule has 0 atom stereocenters. The Balaban J connectivity index is 2.03. The summed E-state index contributed by atoms with van der Waals surface area (Å²) in [6.45, 7) is 3.75. The number of nitrogens with zero attached hydrogens (tertiary/aromatic N) is 2. The van der Waals surface area contributed by atoms with Gasteiger partial charge in [-0.15, -0.1) is 0 Å². The van der Waals surface area contributed by atoms with Gasteiger partial charge in [0.1, 0.15) is 5.84 Å². The maximum atomic E-state index is 12.8. The van der Waals surface area contributed by atoms with Crippen LogP contribution in [-0.4, -0.2) is 12.1 Å². The molecule has 6 heteroatoms. The highest BCUT2D eigenvalue weighted by atomic mass is 19.4. The van der Waals surface area contributed by atoms with Gasteiger partial charge in [0.25, 0.3) is 0 Å². The minimum absolute atomic E-state index is 0.279. The second-order valence-corrected chi connectivity index (χ2v) is 6.43. The fourth-order valence-electron chi connectivity index (χ4n) is 3.00. The Bertz CT molecular complexity index is 1070. The van der Waals surface area contributed by atoms with E-state index in [1.54, 1.807) is 12.3 Å². The summed E-state index contributed by atoms with van der Waals surface area (Å²) in [6, 6.07) is 17.8. The van der Waals surface area contributed by atoms with Gasteiger partial charge in [0, 0.05) is 17.3 Å². The molecule has 3 aromatic rings. The molecule has 0 aliphatic rings. The van der Waals surface area contributed by atoms with E-state index in [9.17, 15) is 13.2 Å². The van der Waals surface area contributed by atoms with Crippen LogP contribution in [0.25, 0.3) is 11.1 Å². The van der Waals surface area contributed by atoms with Gasteiger partial charge in [-0.25, -0.2) is 4.99 Å². The molecule has 0 fully saturated rings. The minimum atomic E-state index is -4.37. The van der Waals surface area contributed by atoms with Crippen LogP contribution in [0.5, 0.6) is 0 Å². The van der Waals surface area contributed by atoms with Crippen LogP contribution in [0, 0.1) is 6.92 Å². The quantitative estimate of drug-likeness (QED) is 0.401. The summed E-state index contributed by atoms with van der Waals surface area (Å²) >= 11 is 0. The van der Waals surface area contributed by atoms with Gasteiger partial charge in [-0.1, -0.05) is 42.5 Å². The third kappa shape index (κ3) is 4.54. The van der Waals surface area contributed by atoms with Crippen molar-refractivity contribution in [1.82, 2.24) is 0 Å². The van der Waals surface area contributed by atoms with Crippen molar-refractivity contribution >= 4 is 23.4 Å². The van der Waals surface area contributed by atoms with Crippen molar-refractivity contribution in [2.45, 2.75) is 20.0 Å². The highest BCUT2D eigenvalue weighted by molar-refractivity contribution is 6.04. The molecule has 0 aromatic heterocycles. The van der Waals surface area contributed by atoms with Crippen molar-refractivity contribution < 1.29 is 13.2 Å². The van der Waals surface area contributed by atoms with E-state index in [4.69, 9.17) is 5.73 Å². The number of benzene rings is 3. The third-order valence-corrected chi connectivity index (χ3v) is 4.51. The van der Waals surface area contributed by atoms with Crippen molar-refractivity contribution in [3.63, 3.8) is 0 Å². The number of hydrogen-bond donors (Lipinski definition) is 1. The maximum Gasteiger partial charge on any atom is 0.416 e. The third-order valence-electron chi connectivity index (χ3n) is 4.51. The lowest BCUT2D eigenvalue weighted by Crippen LogP contribution is -2.14. The molecule has 0 aliphatic carbocycles. The molecule has 0 aliphatic heterocycles. The van der Waals surface area contributed by atoms with Gasteiger partial charge in [0.05, 0.1) is 16.9 Å². The first-order valence-corrected chi connectivity index (χ1v) is 9.00. The molecular formula is C23H20F3N3. The Kier molecular flexibility index (Phi) is 5.82. The van der Waals surface area contributed by atoms with Crippen molar-refractivity contribution in [3.8, 4) is 11.1 Å². The van der Waals surface area contributed by atoms with Crippen LogP contribution >= 0.6 is 0 Å². The topological polar surface area (TPSA) is 50.7 Å². The lowest BCUT2D eigenvalue weighted by molar-refractivity contribution is -0.137. The Morgan fingerprint density at radius 3 is 2.21 bits per heavy atom. The van der Waals surface area contributed by atoms with E-state index in [-0.39, 0.29) is 5.84 Å². The summed E-state index contributed by atoms with van der Waals surface area (Å²) in [7, 11) is 0. The normalized spacial score (nSPS) is 12.5. The number of halogens is 3. The number of aliphatic imine (C=N–C) groups is 2. The fraction of sp³-hybridized carbons (Fsp3) is 0.130. The van der Waals surface area contributed by atoms with Gasteiger partial charge in [-0.3, -0.25) is 4.99 Å². The number of amidine groups is 1. The molecule has 0 heterocycles. The first-order chi connectivity index (χ1) is 13.8. The van der Waals surface area contributed by atoms with E-state index in [0.29, 0.717) is 22.4 Å². The van der Waals surface area contributed by atoms with Gasteiger partial charge >= 0.3 is 6.18 Å². The van der Waals surface area contributed by atoms with Crippen molar-refractivity contribution in [1.29, 1.82) is 0 Å². The average Bonchev–Trinajstić information content (AvgIpc) is 2.70. The molecule has 0 bridgehead atoms. The Morgan fingerprint density at radius 1 is 0.897 bits per heavy atom. The first kappa shape index (κ1) is 20.3. The highest BCUT2D eigenvalue weighted by Crippen LogP contribution is 2.32. The number of hydrogen-bond acceptors (Lipinski definition) is 2. The molecule has 0 saturated carbocycles. The summed E-state index contributed by atoms with van der Waals surface area (Å²) < 4.78 is 38.5. The second-order valence-electron chi connectivity index (χ2n) is 6.43. The maximum absolute atomic E-state index is 12.8. The van der Waals surface area contributed by atoms with Crippen molar-refractivity contribution in [3.05, 3.63) is 83.4 Å². The predicted octanol–water partition coefficient (Wildman–Crippen LogP) is 6.44. The smallest absolute Gasteiger partial charge is 0.383 e. The molecule has 29 heavy (non-hydrogen) atoms. The molecule has 0 unspecified atom stereocenters. The number of nitrogens with two attached hydrogens (primary N) is 1. The number of rotatable bonds is 4. The molecule has 0 amide bonds. The molecule has 0 saturated heterocycles. The van der Waals surface area contributed by atoms with Crippen LogP contribution in [-0.2, 0) is 6.18 Å². The van der Waals surface area contributed by atoms with Crippen LogP contribution in [0.15, 0.2) is 76.7 Å². The van der Waals surface area contributed by atoms with E-state index in [0.717, 1.165) is 23.4 Å². The summed E-state index contributed by atoms with van der Waals surface area (Å²) in [5, 5.41) is 0. The first-order valence-electron chi connectivity index (χ1n) is 9.00. The zero-order valence-electron chi connectivity index (χ0n) is 16.0. The summed E-state index contributed by atoms with van der Waals surface area (Å²) in [4.78, 5) is 8.87. The molecule has 148 valence electrons. The lowest BCUT2D eigenvalue weighted by Gasteiger charge is -2.12. The van der Waals surface area contributed by atoms with Crippen LogP contribution in [0.1, 0.15) is 23.6 Å². The zero-order valence-corrected chi connectivity index (χ0v) is 16.0. The summed E-state index contributed by atoms with van der Waals surface area (Å²) in [6.07, 6.45) is -2.67. The molecule has 3 nitrogen and oxygen atoms in total. The molecule has 0 radical (unpaired) electrons. The van der Waals surface area contributed by atoms with Gasteiger partial charge < -0.3 is 5.73 Å². The Hall–Kier alpha value is -3.41. The standard InChI is InChI=1S/C23H20F3N3/c1-3-28-20-9-6-10-21(15(20)2)29-22(27)19-8-5-4-7-18(19)16-11-13-17(14-12-16)23(24,25)26/h3-14H,1-2H3,(H2,27,29). The average molecular weight is 395 g/mol. The minimum Gasteiger partial charge on any atom is -0.383 e. The highest BCUT2D eigenvalue weighted by Gasteiger charge is 2.30. The predicted molar refractivity (Wildman–Crippen MR) is 112 cm³/mol. The van der Waals surface area contributed by atoms with Crippen molar-refractivity contribution in [2.75, 3.05) is 0 Å². The van der Waals surface area contributed by atoms with Gasteiger partial charge in [-0.2, -0.15) is 13.2 Å². The van der Waals surface area contributed by atoms with Crippen LogP contribution < -0.4 is 5.73 Å². The largest absolute Gasteiger partial charge is 0.416 e. The van der Waals surface area contributed by atoms with Crippen LogP contribution in [0.4, 0.5) is 24.5 Å². The molecular weight excluding hydrogens is 375 g/mol. The van der Waals surface area contributed by atoms with Crippen LogP contribution in [0.2, 0.25) is 0 Å². The molecule has 3 aromatic carbocycles. The van der Waals surface area contributed by atoms with Crippen molar-refractivity contribution in [2.24, 2.45) is 15.7 Å². The van der Waals surface area contributed by atoms with E-state index >= 15 is 0 Å². The summed E-state index contributed by atoms with van der Waals surface area (Å²) in [5.74, 6) is 0.279. The number of alkyl halides is 3. The summed E-state index contributed by atoms with van der Waals surface area (Å²) in [5.41, 5.74) is 9.97.